The van der Waals surface area contributed by atoms with Gasteiger partial charge in [0.05, 0.1) is 11.3 Å². The maximum absolute atomic E-state index is 12.1. The molecule has 4 N–H and O–H groups in total. The molecular formula is C14H16N4O. The van der Waals surface area contributed by atoms with Gasteiger partial charge in [0.2, 0.25) is 0 Å². The molecule has 0 aliphatic carbocycles. The Hall–Kier alpha value is -2.40. The second-order valence-electron chi connectivity index (χ2n) is 4.23. The van der Waals surface area contributed by atoms with Gasteiger partial charge < -0.3 is 10.7 Å². The molecule has 1 aromatic heterocycles. The Morgan fingerprint density at radius 1 is 1.26 bits per heavy atom. The Labute approximate surface area is 111 Å². The Balaban J connectivity index is 2.08. The monoisotopic (exact) mass is 256 g/mol. The number of nitrogens with zero attached hydrogens (tertiary/aromatic N) is 1. The molecule has 0 unspecified atom stereocenters. The molecule has 1 amide bonds. The Morgan fingerprint density at radius 3 is 2.68 bits per heavy atom. The average molecular weight is 256 g/mol. The van der Waals surface area contributed by atoms with Gasteiger partial charge in [0.15, 0.2) is 0 Å². The summed E-state index contributed by atoms with van der Waals surface area (Å²) in [5, 5.41) is 2.85. The molecule has 2 aromatic rings. The van der Waals surface area contributed by atoms with Crippen molar-refractivity contribution in [2.24, 2.45) is 5.84 Å². The van der Waals surface area contributed by atoms with E-state index in [2.05, 4.69) is 15.7 Å². The van der Waals surface area contributed by atoms with Gasteiger partial charge in [-0.2, -0.15) is 0 Å². The second kappa shape index (κ2) is 5.97. The van der Waals surface area contributed by atoms with Crippen molar-refractivity contribution in [3.63, 3.8) is 0 Å². The number of aromatic nitrogens is 1. The zero-order valence-electron chi connectivity index (χ0n) is 10.7. The Kier molecular flexibility index (Phi) is 4.10. The molecule has 0 atom stereocenters. The van der Waals surface area contributed by atoms with Crippen LogP contribution in [0.25, 0.3) is 0 Å². The van der Waals surface area contributed by atoms with Crippen LogP contribution < -0.4 is 16.6 Å². The third-order valence-corrected chi connectivity index (χ3v) is 2.78. The van der Waals surface area contributed by atoms with Crippen molar-refractivity contribution >= 4 is 11.6 Å². The topological polar surface area (TPSA) is 80.0 Å². The normalized spacial score (nSPS) is 10.0. The molecule has 0 spiro atoms. The number of hydrogen-bond acceptors (Lipinski definition) is 4. The predicted molar refractivity (Wildman–Crippen MR) is 74.4 cm³/mol. The molecule has 2 rings (SSSR count). The van der Waals surface area contributed by atoms with Gasteiger partial charge in [-0.3, -0.25) is 15.6 Å². The smallest absolute Gasteiger partial charge is 0.253 e. The lowest BCUT2D eigenvalue weighted by Gasteiger charge is -2.10. The third-order valence-electron chi connectivity index (χ3n) is 2.78. The molecule has 1 aromatic carbocycles. The molecule has 98 valence electrons. The van der Waals surface area contributed by atoms with Gasteiger partial charge in [-0.05, 0) is 42.3 Å². The number of nitrogens with two attached hydrogens (primary N) is 1. The van der Waals surface area contributed by atoms with Crippen molar-refractivity contribution in [1.82, 2.24) is 10.3 Å². The molecular weight excluding hydrogens is 240 g/mol. The molecule has 5 heteroatoms. The third kappa shape index (κ3) is 3.29. The quantitative estimate of drug-likeness (QED) is 0.573. The SMILES string of the molecule is Cc1ccc(C(=O)NCc2ccncc2)c(NN)c1. The van der Waals surface area contributed by atoms with Crippen molar-refractivity contribution in [2.75, 3.05) is 5.43 Å². The number of rotatable bonds is 4. The van der Waals surface area contributed by atoms with Gasteiger partial charge in [0, 0.05) is 18.9 Å². The number of aryl methyl sites for hydroxylation is 1. The fraction of sp³-hybridized carbons (Fsp3) is 0.143. The van der Waals surface area contributed by atoms with Crippen LogP contribution in [-0.4, -0.2) is 10.9 Å². The van der Waals surface area contributed by atoms with Crippen molar-refractivity contribution < 1.29 is 4.79 Å². The van der Waals surface area contributed by atoms with E-state index in [0.717, 1.165) is 11.1 Å². The molecule has 5 nitrogen and oxygen atoms in total. The number of hydrogen-bond donors (Lipinski definition) is 3. The van der Waals surface area contributed by atoms with Crippen LogP contribution in [0.5, 0.6) is 0 Å². The largest absolute Gasteiger partial charge is 0.348 e. The van der Waals surface area contributed by atoms with Gasteiger partial charge >= 0.3 is 0 Å². The van der Waals surface area contributed by atoms with E-state index in [4.69, 9.17) is 5.84 Å². The maximum Gasteiger partial charge on any atom is 0.253 e. The van der Waals surface area contributed by atoms with Crippen LogP contribution in [0, 0.1) is 6.92 Å². The van der Waals surface area contributed by atoms with E-state index < -0.39 is 0 Å². The van der Waals surface area contributed by atoms with E-state index in [1.54, 1.807) is 18.5 Å². The summed E-state index contributed by atoms with van der Waals surface area (Å²) in [5.41, 5.74) is 5.73. The first kappa shape index (κ1) is 13.0. The minimum Gasteiger partial charge on any atom is -0.348 e. The summed E-state index contributed by atoms with van der Waals surface area (Å²) in [6.45, 7) is 2.40. The summed E-state index contributed by atoms with van der Waals surface area (Å²) >= 11 is 0. The lowest BCUT2D eigenvalue weighted by molar-refractivity contribution is 0.0951. The predicted octanol–water partition coefficient (Wildman–Crippen LogP) is 1.61. The summed E-state index contributed by atoms with van der Waals surface area (Å²) in [6, 6.07) is 9.19. The number of anilines is 1. The lowest BCUT2D eigenvalue weighted by atomic mass is 10.1. The molecule has 0 saturated carbocycles. The van der Waals surface area contributed by atoms with Crippen LogP contribution in [-0.2, 0) is 6.54 Å². The van der Waals surface area contributed by atoms with E-state index in [0.29, 0.717) is 17.8 Å². The molecule has 0 radical (unpaired) electrons. The lowest BCUT2D eigenvalue weighted by Crippen LogP contribution is -2.24. The van der Waals surface area contributed by atoms with E-state index in [1.165, 1.54) is 0 Å². The van der Waals surface area contributed by atoms with Crippen molar-refractivity contribution in [3.05, 3.63) is 59.4 Å². The van der Waals surface area contributed by atoms with Gasteiger partial charge in [0.25, 0.3) is 5.91 Å². The fourth-order valence-corrected chi connectivity index (χ4v) is 1.75. The molecule has 19 heavy (non-hydrogen) atoms. The van der Waals surface area contributed by atoms with Crippen LogP contribution in [0.15, 0.2) is 42.7 Å². The van der Waals surface area contributed by atoms with E-state index in [-0.39, 0.29) is 5.91 Å². The molecule has 0 bridgehead atoms. The van der Waals surface area contributed by atoms with Crippen LogP contribution in [0.3, 0.4) is 0 Å². The highest BCUT2D eigenvalue weighted by Crippen LogP contribution is 2.16. The number of amides is 1. The van der Waals surface area contributed by atoms with Crippen LogP contribution in [0.1, 0.15) is 21.5 Å². The number of hydrazine groups is 1. The van der Waals surface area contributed by atoms with E-state index in [1.807, 2.05) is 31.2 Å². The summed E-state index contributed by atoms with van der Waals surface area (Å²) in [5.74, 6) is 5.26. The van der Waals surface area contributed by atoms with Crippen molar-refractivity contribution in [3.8, 4) is 0 Å². The zero-order valence-corrected chi connectivity index (χ0v) is 10.7. The summed E-state index contributed by atoms with van der Waals surface area (Å²) in [6.07, 6.45) is 3.39. The van der Waals surface area contributed by atoms with Gasteiger partial charge in [-0.1, -0.05) is 6.07 Å². The summed E-state index contributed by atoms with van der Waals surface area (Å²) in [7, 11) is 0. The zero-order chi connectivity index (χ0) is 13.7. The number of nitrogens with one attached hydrogen (secondary N) is 2. The summed E-state index contributed by atoms with van der Waals surface area (Å²) in [4.78, 5) is 16.0. The Morgan fingerprint density at radius 2 is 2.00 bits per heavy atom. The van der Waals surface area contributed by atoms with Gasteiger partial charge in [-0.25, -0.2) is 0 Å². The second-order valence-corrected chi connectivity index (χ2v) is 4.23. The van der Waals surface area contributed by atoms with Crippen LogP contribution in [0.2, 0.25) is 0 Å². The maximum atomic E-state index is 12.1. The average Bonchev–Trinajstić information content (AvgIpc) is 2.45. The summed E-state index contributed by atoms with van der Waals surface area (Å²) < 4.78 is 0. The van der Waals surface area contributed by atoms with Crippen molar-refractivity contribution in [2.45, 2.75) is 13.5 Å². The highest BCUT2D eigenvalue weighted by Gasteiger charge is 2.10. The van der Waals surface area contributed by atoms with Crippen molar-refractivity contribution in [1.29, 1.82) is 0 Å². The fourth-order valence-electron chi connectivity index (χ4n) is 1.75. The van der Waals surface area contributed by atoms with Gasteiger partial charge in [0.1, 0.15) is 0 Å². The number of nitrogen functional groups attached to an aromatic ring is 1. The number of pyridine rings is 1. The van der Waals surface area contributed by atoms with Gasteiger partial charge in [-0.15, -0.1) is 0 Å². The minimum atomic E-state index is -0.162. The number of carbonyl (C=O) groups excluding carboxylic acids is 1. The standard InChI is InChI=1S/C14H16N4O/c1-10-2-3-12(13(8-10)18-15)14(19)17-9-11-4-6-16-7-5-11/h2-8,18H,9,15H2,1H3,(H,17,19). The Bertz CT molecular complexity index is 569. The molecule has 0 aliphatic rings. The first-order valence-electron chi connectivity index (χ1n) is 5.95. The highest BCUT2D eigenvalue weighted by atomic mass is 16.1. The molecule has 0 aliphatic heterocycles. The van der Waals surface area contributed by atoms with Crippen LogP contribution in [0.4, 0.5) is 5.69 Å². The molecule has 0 saturated heterocycles. The molecule has 1 heterocycles. The first-order valence-corrected chi connectivity index (χ1v) is 5.95. The first-order chi connectivity index (χ1) is 9.20. The van der Waals surface area contributed by atoms with E-state index >= 15 is 0 Å². The number of carbonyl (C=O) groups is 1. The molecule has 0 fully saturated rings. The van der Waals surface area contributed by atoms with E-state index in [9.17, 15) is 4.79 Å². The number of benzene rings is 1. The minimum absolute atomic E-state index is 0.162. The highest BCUT2D eigenvalue weighted by molar-refractivity contribution is 5.99. The van der Waals surface area contributed by atoms with Crippen LogP contribution >= 0.6 is 0 Å².